The van der Waals surface area contributed by atoms with Gasteiger partial charge in [-0.1, -0.05) is 49.9 Å². The van der Waals surface area contributed by atoms with Crippen molar-refractivity contribution in [3.63, 3.8) is 0 Å². The van der Waals surface area contributed by atoms with Crippen LogP contribution in [0.5, 0.6) is 0 Å². The van der Waals surface area contributed by atoms with Gasteiger partial charge in [0.1, 0.15) is 5.69 Å². The molecule has 0 amide bonds. The van der Waals surface area contributed by atoms with Crippen LogP contribution in [0.1, 0.15) is 59.4 Å². The van der Waals surface area contributed by atoms with E-state index < -0.39 is 0 Å². The average molecular weight is 472 g/mol. The van der Waals surface area contributed by atoms with Crippen molar-refractivity contribution in [1.82, 2.24) is 19.9 Å². The third kappa shape index (κ3) is 6.11. The summed E-state index contributed by atoms with van der Waals surface area (Å²) in [6.07, 6.45) is 10.9. The molecule has 1 aromatic carbocycles. The minimum absolute atomic E-state index is 0.0282. The Balaban J connectivity index is 1.55. The third-order valence-corrected chi connectivity index (χ3v) is 6.68. The number of ketones is 1. The van der Waals surface area contributed by atoms with Gasteiger partial charge in [0.25, 0.3) is 5.56 Å². The lowest BCUT2D eigenvalue weighted by atomic mass is 10.0. The van der Waals surface area contributed by atoms with E-state index in [1.165, 1.54) is 31.8 Å². The highest BCUT2D eigenvalue weighted by atomic mass is 16.1. The van der Waals surface area contributed by atoms with E-state index in [-0.39, 0.29) is 17.0 Å². The second kappa shape index (κ2) is 11.2. The van der Waals surface area contributed by atoms with Gasteiger partial charge in [0.05, 0.1) is 17.6 Å². The summed E-state index contributed by atoms with van der Waals surface area (Å²) >= 11 is 0. The second-order valence-electron chi connectivity index (χ2n) is 9.27. The Labute approximate surface area is 206 Å². The van der Waals surface area contributed by atoms with E-state index in [0.29, 0.717) is 29.5 Å². The lowest BCUT2D eigenvalue weighted by Gasteiger charge is -2.12. The molecule has 35 heavy (non-hydrogen) atoms. The summed E-state index contributed by atoms with van der Waals surface area (Å²) in [5.74, 6) is 0.397. The molecule has 0 radical (unpaired) electrons. The Bertz CT molecular complexity index is 1270. The van der Waals surface area contributed by atoms with Gasteiger partial charge in [-0.3, -0.25) is 14.6 Å². The highest BCUT2D eigenvalue weighted by molar-refractivity contribution is 6.07. The summed E-state index contributed by atoms with van der Waals surface area (Å²) in [5.41, 5.74) is 10.6. The van der Waals surface area contributed by atoms with Gasteiger partial charge in [-0.05, 0) is 43.5 Å². The summed E-state index contributed by atoms with van der Waals surface area (Å²) in [6.45, 7) is 3.20. The summed E-state index contributed by atoms with van der Waals surface area (Å²) in [5, 5.41) is 3.10. The van der Waals surface area contributed by atoms with Crippen molar-refractivity contribution >= 4 is 11.5 Å². The number of allylic oxidation sites excluding steroid dienone is 1. The molecule has 1 fully saturated rings. The molecule has 3 aromatic rings. The lowest BCUT2D eigenvalue weighted by molar-refractivity contribution is 0.104. The summed E-state index contributed by atoms with van der Waals surface area (Å²) in [7, 11) is 1.89. The Hall–Kier alpha value is -3.58. The molecule has 7 heteroatoms. The van der Waals surface area contributed by atoms with Crippen LogP contribution >= 0.6 is 0 Å². The fraction of sp³-hybridized carbons (Fsp3) is 0.357. The van der Waals surface area contributed by atoms with Gasteiger partial charge in [-0.15, -0.1) is 0 Å². The number of carbonyl (C=O) groups excluding carboxylic acids is 1. The van der Waals surface area contributed by atoms with Crippen LogP contribution in [0.2, 0.25) is 0 Å². The standard InChI is InChI=1S/C28H33N5O2/c1-19-28(26(34)15-24(29)22-9-7-21(8-10-22)16-30-2)32-25(17-31-19)23-11-12-27(35)33(18-23)14-13-20-5-3-4-6-20/h7-12,15,17-18,20,30H,3-6,13-14,16,29H2,1-2H3. The quantitative estimate of drug-likeness (QED) is 0.360. The van der Waals surface area contributed by atoms with Gasteiger partial charge >= 0.3 is 0 Å². The molecule has 0 unspecified atom stereocenters. The molecule has 2 heterocycles. The molecule has 2 aromatic heterocycles. The molecule has 1 saturated carbocycles. The molecule has 182 valence electrons. The monoisotopic (exact) mass is 471 g/mol. The molecular weight excluding hydrogens is 438 g/mol. The number of aromatic nitrogens is 3. The van der Waals surface area contributed by atoms with Gasteiger partial charge in [-0.25, -0.2) is 4.98 Å². The van der Waals surface area contributed by atoms with E-state index >= 15 is 0 Å². The van der Waals surface area contributed by atoms with Crippen LogP contribution in [0.4, 0.5) is 0 Å². The number of nitrogens with one attached hydrogen (secondary N) is 1. The molecule has 0 atom stereocenters. The van der Waals surface area contributed by atoms with Crippen LogP contribution in [0.3, 0.4) is 0 Å². The predicted octanol–water partition coefficient (Wildman–Crippen LogP) is 4.10. The maximum absolute atomic E-state index is 13.0. The smallest absolute Gasteiger partial charge is 0.250 e. The van der Waals surface area contributed by atoms with Crippen molar-refractivity contribution in [3.8, 4) is 11.3 Å². The Morgan fingerprint density at radius 3 is 2.63 bits per heavy atom. The molecule has 3 N–H and O–H groups in total. The fourth-order valence-corrected chi connectivity index (χ4v) is 4.61. The highest BCUT2D eigenvalue weighted by Gasteiger charge is 2.16. The van der Waals surface area contributed by atoms with Crippen molar-refractivity contribution in [2.75, 3.05) is 7.05 Å². The maximum Gasteiger partial charge on any atom is 0.250 e. The zero-order valence-corrected chi connectivity index (χ0v) is 20.5. The van der Waals surface area contributed by atoms with Crippen LogP contribution in [-0.2, 0) is 13.1 Å². The van der Waals surface area contributed by atoms with E-state index in [2.05, 4.69) is 15.3 Å². The zero-order valence-electron chi connectivity index (χ0n) is 20.5. The van der Waals surface area contributed by atoms with E-state index in [1.54, 1.807) is 29.8 Å². The molecule has 4 rings (SSSR count). The van der Waals surface area contributed by atoms with E-state index in [4.69, 9.17) is 5.73 Å². The van der Waals surface area contributed by atoms with E-state index in [9.17, 15) is 9.59 Å². The highest BCUT2D eigenvalue weighted by Crippen LogP contribution is 2.28. The molecule has 0 saturated heterocycles. The van der Waals surface area contributed by atoms with Crippen molar-refractivity contribution in [3.05, 3.63) is 87.7 Å². The summed E-state index contributed by atoms with van der Waals surface area (Å²) < 4.78 is 1.74. The van der Waals surface area contributed by atoms with Crippen LogP contribution < -0.4 is 16.6 Å². The predicted molar refractivity (Wildman–Crippen MR) is 139 cm³/mol. The molecule has 1 aliphatic carbocycles. The molecule has 0 spiro atoms. The number of hydrogen-bond acceptors (Lipinski definition) is 6. The van der Waals surface area contributed by atoms with Crippen LogP contribution in [0.15, 0.2) is 59.7 Å². The SMILES string of the molecule is CNCc1ccc(C(N)=CC(=O)c2nc(-c3ccc(=O)n(CCC4CCCC4)c3)cnc2C)cc1. The Morgan fingerprint density at radius 1 is 1.17 bits per heavy atom. The van der Waals surface area contributed by atoms with Crippen molar-refractivity contribution in [1.29, 1.82) is 0 Å². The number of nitrogens with zero attached hydrogens (tertiary/aromatic N) is 3. The van der Waals surface area contributed by atoms with Crippen LogP contribution in [0.25, 0.3) is 17.0 Å². The number of pyridine rings is 1. The first-order chi connectivity index (χ1) is 16.9. The van der Waals surface area contributed by atoms with Crippen molar-refractivity contribution in [2.24, 2.45) is 11.7 Å². The van der Waals surface area contributed by atoms with Gasteiger partial charge < -0.3 is 15.6 Å². The number of rotatable bonds is 9. The van der Waals surface area contributed by atoms with Crippen LogP contribution in [0, 0.1) is 12.8 Å². The number of nitrogens with two attached hydrogens (primary N) is 1. The first kappa shape index (κ1) is 24.5. The number of carbonyl (C=O) groups is 1. The topological polar surface area (TPSA) is 103 Å². The number of benzene rings is 1. The third-order valence-electron chi connectivity index (χ3n) is 6.68. The van der Waals surface area contributed by atoms with Crippen molar-refractivity contribution in [2.45, 2.75) is 52.1 Å². The molecule has 0 aliphatic heterocycles. The molecular formula is C28H33N5O2. The number of hydrogen-bond donors (Lipinski definition) is 2. The largest absolute Gasteiger partial charge is 0.398 e. The maximum atomic E-state index is 13.0. The Kier molecular flexibility index (Phi) is 7.87. The van der Waals surface area contributed by atoms with Gasteiger partial charge in [0, 0.05) is 42.7 Å². The molecule has 0 bridgehead atoms. The average Bonchev–Trinajstić information content (AvgIpc) is 3.38. The lowest BCUT2D eigenvalue weighted by Crippen LogP contribution is -2.20. The zero-order chi connectivity index (χ0) is 24.8. The fourth-order valence-electron chi connectivity index (χ4n) is 4.61. The normalized spacial score (nSPS) is 14.4. The summed E-state index contributed by atoms with van der Waals surface area (Å²) in [4.78, 5) is 34.4. The first-order valence-electron chi connectivity index (χ1n) is 12.2. The van der Waals surface area contributed by atoms with Gasteiger partial charge in [0.15, 0.2) is 0 Å². The van der Waals surface area contributed by atoms with Gasteiger partial charge in [-0.2, -0.15) is 0 Å². The molecule has 1 aliphatic rings. The first-order valence-corrected chi connectivity index (χ1v) is 12.2. The molecule has 7 nitrogen and oxygen atoms in total. The van der Waals surface area contributed by atoms with Gasteiger partial charge in [0.2, 0.25) is 5.78 Å². The minimum Gasteiger partial charge on any atom is -0.398 e. The summed E-state index contributed by atoms with van der Waals surface area (Å²) in [6, 6.07) is 11.0. The number of aryl methyl sites for hydroxylation is 2. The minimum atomic E-state index is -0.303. The second-order valence-corrected chi connectivity index (χ2v) is 9.27. The Morgan fingerprint density at radius 2 is 1.91 bits per heavy atom. The van der Waals surface area contributed by atoms with E-state index in [0.717, 1.165) is 29.7 Å². The van der Waals surface area contributed by atoms with Crippen LogP contribution in [-0.4, -0.2) is 27.4 Å². The van der Waals surface area contributed by atoms with E-state index in [1.807, 2.05) is 37.5 Å². The van der Waals surface area contributed by atoms with Crippen molar-refractivity contribution < 1.29 is 4.79 Å².